The van der Waals surface area contributed by atoms with E-state index in [1.54, 1.807) is 31.4 Å². The van der Waals surface area contributed by atoms with E-state index < -0.39 is 0 Å². The van der Waals surface area contributed by atoms with Gasteiger partial charge in [0.25, 0.3) is 0 Å². The van der Waals surface area contributed by atoms with Gasteiger partial charge in [0.15, 0.2) is 5.78 Å². The molecule has 21 heavy (non-hydrogen) atoms. The number of ether oxygens (including phenoxy) is 2. The zero-order valence-corrected chi connectivity index (χ0v) is 13.4. The predicted molar refractivity (Wildman–Crippen MR) is 86.1 cm³/mol. The number of methoxy groups -OCH3 is 2. The predicted octanol–water partition coefficient (Wildman–Crippen LogP) is 3.47. The zero-order chi connectivity index (χ0) is 15.4. The molecule has 0 aliphatic carbocycles. The molecule has 0 atom stereocenters. The topological polar surface area (TPSA) is 61.5 Å². The van der Waals surface area contributed by atoms with E-state index in [4.69, 9.17) is 15.2 Å². The minimum atomic E-state index is -0.0409. The summed E-state index contributed by atoms with van der Waals surface area (Å²) in [6, 6.07) is 10.7. The first kappa shape index (κ1) is 15.4. The second kappa shape index (κ2) is 6.63. The van der Waals surface area contributed by atoms with Crippen molar-refractivity contribution in [2.75, 3.05) is 20.0 Å². The maximum absolute atomic E-state index is 12.5. The fraction of sp³-hybridized carbons (Fsp3) is 0.188. The number of carbonyl (C=O) groups excluding carboxylic acids is 1. The van der Waals surface area contributed by atoms with E-state index in [1.165, 1.54) is 7.11 Å². The van der Waals surface area contributed by atoms with Gasteiger partial charge in [-0.3, -0.25) is 4.79 Å². The fourth-order valence-electron chi connectivity index (χ4n) is 2.10. The van der Waals surface area contributed by atoms with Crippen molar-refractivity contribution in [3.8, 4) is 11.5 Å². The number of rotatable bonds is 5. The largest absolute Gasteiger partial charge is 0.495 e. The summed E-state index contributed by atoms with van der Waals surface area (Å²) in [7, 11) is 3.09. The van der Waals surface area contributed by atoms with Gasteiger partial charge < -0.3 is 15.2 Å². The molecule has 5 heteroatoms. The molecule has 4 nitrogen and oxygen atoms in total. The Hall–Kier alpha value is -2.01. The van der Waals surface area contributed by atoms with Crippen molar-refractivity contribution in [1.29, 1.82) is 0 Å². The average Bonchev–Trinajstić information content (AvgIpc) is 2.46. The number of Topliss-reactive ketones (excluding diaryl/α,β-unsaturated/α-hetero) is 1. The third-order valence-corrected chi connectivity index (χ3v) is 3.85. The van der Waals surface area contributed by atoms with Gasteiger partial charge in [-0.1, -0.05) is 12.1 Å². The van der Waals surface area contributed by atoms with Gasteiger partial charge in [-0.25, -0.2) is 0 Å². The summed E-state index contributed by atoms with van der Waals surface area (Å²) in [5, 5.41) is 0. The van der Waals surface area contributed by atoms with E-state index in [0.717, 1.165) is 5.56 Å². The normalized spacial score (nSPS) is 10.2. The van der Waals surface area contributed by atoms with Crippen LogP contribution in [0.25, 0.3) is 0 Å². The van der Waals surface area contributed by atoms with E-state index in [1.807, 2.05) is 12.1 Å². The first-order valence-corrected chi connectivity index (χ1v) is 7.14. The van der Waals surface area contributed by atoms with Crippen molar-refractivity contribution in [3.63, 3.8) is 0 Å². The molecule has 0 radical (unpaired) electrons. The Balaban J connectivity index is 2.33. The van der Waals surface area contributed by atoms with Crippen LogP contribution in [0.1, 0.15) is 15.9 Å². The third kappa shape index (κ3) is 3.36. The summed E-state index contributed by atoms with van der Waals surface area (Å²) in [6.45, 7) is 0. The van der Waals surface area contributed by atoms with Crippen LogP contribution >= 0.6 is 15.9 Å². The Morgan fingerprint density at radius 3 is 2.57 bits per heavy atom. The molecule has 0 bridgehead atoms. The van der Waals surface area contributed by atoms with Gasteiger partial charge in [0.2, 0.25) is 0 Å². The number of anilines is 1. The van der Waals surface area contributed by atoms with Crippen molar-refractivity contribution >= 4 is 27.4 Å². The molecular weight excluding hydrogens is 334 g/mol. The van der Waals surface area contributed by atoms with Gasteiger partial charge in [0.1, 0.15) is 16.0 Å². The van der Waals surface area contributed by atoms with Crippen LogP contribution in [-0.4, -0.2) is 20.0 Å². The monoisotopic (exact) mass is 349 g/mol. The lowest BCUT2D eigenvalue weighted by molar-refractivity contribution is 0.0990. The summed E-state index contributed by atoms with van der Waals surface area (Å²) in [6.07, 6.45) is 0.264. The molecule has 0 heterocycles. The number of benzene rings is 2. The summed E-state index contributed by atoms with van der Waals surface area (Å²) < 4.78 is 11.2. The van der Waals surface area contributed by atoms with E-state index in [-0.39, 0.29) is 12.2 Å². The van der Waals surface area contributed by atoms with Crippen LogP contribution in [0, 0.1) is 0 Å². The molecule has 2 N–H and O–H groups in total. The van der Waals surface area contributed by atoms with E-state index in [9.17, 15) is 4.79 Å². The Morgan fingerprint density at radius 1 is 1.19 bits per heavy atom. The molecule has 0 saturated heterocycles. The van der Waals surface area contributed by atoms with Crippen LogP contribution in [0.2, 0.25) is 0 Å². The number of carbonyl (C=O) groups is 1. The molecule has 2 aromatic carbocycles. The summed E-state index contributed by atoms with van der Waals surface area (Å²) in [4.78, 5) is 12.5. The van der Waals surface area contributed by atoms with Gasteiger partial charge in [0.05, 0.1) is 19.8 Å². The number of halogens is 1. The lowest BCUT2D eigenvalue weighted by Crippen LogP contribution is -2.07. The second-order valence-corrected chi connectivity index (χ2v) is 5.30. The molecule has 0 aromatic heterocycles. The molecule has 0 unspecified atom stereocenters. The van der Waals surface area contributed by atoms with Crippen molar-refractivity contribution in [2.45, 2.75) is 6.42 Å². The van der Waals surface area contributed by atoms with Gasteiger partial charge >= 0.3 is 0 Å². The summed E-state index contributed by atoms with van der Waals surface area (Å²) >= 11 is 3.40. The van der Waals surface area contributed by atoms with E-state index in [0.29, 0.717) is 27.2 Å². The van der Waals surface area contributed by atoms with E-state index in [2.05, 4.69) is 15.9 Å². The van der Waals surface area contributed by atoms with Crippen LogP contribution in [0.3, 0.4) is 0 Å². The Labute approximate surface area is 132 Å². The SMILES string of the molecule is COc1ccc(C(=O)Cc2cccc(N)c2)c(OC)c1Br. The van der Waals surface area contributed by atoms with Crippen LogP contribution in [0.4, 0.5) is 5.69 Å². The number of hydrogen-bond donors (Lipinski definition) is 1. The van der Waals surface area contributed by atoms with Crippen molar-refractivity contribution in [1.82, 2.24) is 0 Å². The highest BCUT2D eigenvalue weighted by atomic mass is 79.9. The Kier molecular flexibility index (Phi) is 4.85. The average molecular weight is 350 g/mol. The number of nitrogens with two attached hydrogens (primary N) is 1. The Bertz CT molecular complexity index is 671. The zero-order valence-electron chi connectivity index (χ0n) is 11.9. The van der Waals surface area contributed by atoms with Crippen molar-refractivity contribution < 1.29 is 14.3 Å². The second-order valence-electron chi connectivity index (χ2n) is 4.51. The lowest BCUT2D eigenvalue weighted by Gasteiger charge is -2.12. The van der Waals surface area contributed by atoms with E-state index >= 15 is 0 Å². The minimum Gasteiger partial charge on any atom is -0.495 e. The fourth-order valence-corrected chi connectivity index (χ4v) is 2.77. The van der Waals surface area contributed by atoms with Crippen LogP contribution in [-0.2, 0) is 6.42 Å². The molecule has 0 amide bonds. The summed E-state index contributed by atoms with van der Waals surface area (Å²) in [5.74, 6) is 1.05. The van der Waals surface area contributed by atoms with Gasteiger partial charge in [-0.2, -0.15) is 0 Å². The first-order chi connectivity index (χ1) is 10.1. The highest BCUT2D eigenvalue weighted by Gasteiger charge is 2.18. The third-order valence-electron chi connectivity index (χ3n) is 3.10. The number of hydrogen-bond acceptors (Lipinski definition) is 4. The molecule has 110 valence electrons. The highest BCUT2D eigenvalue weighted by molar-refractivity contribution is 9.10. The van der Waals surface area contributed by atoms with Crippen LogP contribution < -0.4 is 15.2 Å². The molecule has 0 aliphatic rings. The smallest absolute Gasteiger partial charge is 0.171 e. The maximum atomic E-state index is 12.5. The Morgan fingerprint density at radius 2 is 1.95 bits per heavy atom. The summed E-state index contributed by atoms with van der Waals surface area (Å²) in [5.41, 5.74) is 7.75. The van der Waals surface area contributed by atoms with Crippen molar-refractivity contribution in [2.24, 2.45) is 0 Å². The molecule has 0 fully saturated rings. The van der Waals surface area contributed by atoms with Crippen LogP contribution in [0.15, 0.2) is 40.9 Å². The molecular formula is C16H16BrNO3. The molecule has 2 aromatic rings. The standard InChI is InChI=1S/C16H16BrNO3/c1-20-14-7-6-12(16(21-2)15(14)17)13(19)9-10-4-3-5-11(18)8-10/h3-8H,9,18H2,1-2H3. The highest BCUT2D eigenvalue weighted by Crippen LogP contribution is 2.37. The first-order valence-electron chi connectivity index (χ1n) is 6.35. The lowest BCUT2D eigenvalue weighted by atomic mass is 10.0. The molecule has 0 spiro atoms. The quantitative estimate of drug-likeness (QED) is 0.663. The van der Waals surface area contributed by atoms with Crippen LogP contribution in [0.5, 0.6) is 11.5 Å². The molecule has 0 aliphatic heterocycles. The molecule has 2 rings (SSSR count). The van der Waals surface area contributed by atoms with Gasteiger partial charge in [-0.05, 0) is 45.8 Å². The van der Waals surface area contributed by atoms with Gasteiger partial charge in [-0.15, -0.1) is 0 Å². The number of ketones is 1. The maximum Gasteiger partial charge on any atom is 0.171 e. The number of nitrogen functional groups attached to an aromatic ring is 1. The van der Waals surface area contributed by atoms with Gasteiger partial charge in [0, 0.05) is 12.1 Å². The molecule has 0 saturated carbocycles. The minimum absolute atomic E-state index is 0.0409. The van der Waals surface area contributed by atoms with Crippen molar-refractivity contribution in [3.05, 3.63) is 52.0 Å².